The smallest absolute Gasteiger partial charge is 0.0233 e. The number of benzene rings is 1. The first-order valence-corrected chi connectivity index (χ1v) is 8.33. The fraction of sp³-hybridized carbons (Fsp3) is 0.667. The van der Waals surface area contributed by atoms with Crippen molar-refractivity contribution in [3.63, 3.8) is 0 Å². The zero-order valence-electron chi connectivity index (χ0n) is 12.8. The van der Waals surface area contributed by atoms with Gasteiger partial charge in [-0.2, -0.15) is 0 Å². The first kappa shape index (κ1) is 14.1. The third-order valence-corrected chi connectivity index (χ3v) is 4.83. The third kappa shape index (κ3) is 4.07. The lowest BCUT2D eigenvalue weighted by Gasteiger charge is -2.31. The van der Waals surface area contributed by atoms with Crippen LogP contribution in [0.2, 0.25) is 0 Å². The first-order valence-electron chi connectivity index (χ1n) is 8.33. The van der Waals surface area contributed by atoms with Crippen LogP contribution in [0.25, 0.3) is 0 Å². The molecule has 0 heterocycles. The van der Waals surface area contributed by atoms with E-state index in [4.69, 9.17) is 0 Å². The van der Waals surface area contributed by atoms with E-state index in [2.05, 4.69) is 41.5 Å². The monoisotopic (exact) mass is 272 g/mol. The highest BCUT2D eigenvalue weighted by atomic mass is 15.1. The Balaban J connectivity index is 1.48. The zero-order chi connectivity index (χ0) is 13.8. The molecule has 0 saturated heterocycles. The highest BCUT2D eigenvalue weighted by Gasteiger charge is 2.20. The van der Waals surface area contributed by atoms with Crippen LogP contribution < -0.4 is 5.32 Å². The Hall–Kier alpha value is -0.860. The molecule has 0 atom stereocenters. The van der Waals surface area contributed by atoms with Crippen molar-refractivity contribution < 1.29 is 0 Å². The lowest BCUT2D eigenvalue weighted by molar-refractivity contribution is 0.184. The zero-order valence-corrected chi connectivity index (χ0v) is 12.8. The van der Waals surface area contributed by atoms with Crippen molar-refractivity contribution in [2.45, 2.75) is 70.1 Å². The molecular weight excluding hydrogens is 244 g/mol. The topological polar surface area (TPSA) is 15.3 Å². The van der Waals surface area contributed by atoms with E-state index in [-0.39, 0.29) is 0 Å². The molecule has 2 nitrogen and oxygen atoms in total. The summed E-state index contributed by atoms with van der Waals surface area (Å²) in [6, 6.07) is 10.8. The third-order valence-electron chi connectivity index (χ3n) is 4.83. The predicted molar refractivity (Wildman–Crippen MR) is 84.6 cm³/mol. The number of hydrogen-bond donors (Lipinski definition) is 1. The molecule has 0 aliphatic heterocycles. The lowest BCUT2D eigenvalue weighted by Crippen LogP contribution is -2.32. The maximum Gasteiger partial charge on any atom is 0.0233 e. The number of nitrogens with zero attached hydrogens (tertiary/aromatic N) is 1. The van der Waals surface area contributed by atoms with E-state index in [1.807, 2.05) is 0 Å². The summed E-state index contributed by atoms with van der Waals surface area (Å²) in [5.74, 6) is 0. The van der Waals surface area contributed by atoms with Gasteiger partial charge >= 0.3 is 0 Å². The van der Waals surface area contributed by atoms with Crippen LogP contribution in [0.1, 0.15) is 56.1 Å². The molecule has 2 aliphatic carbocycles. The number of nitrogens with one attached hydrogen (secondary N) is 1. The van der Waals surface area contributed by atoms with Crippen molar-refractivity contribution >= 4 is 0 Å². The Kier molecular flexibility index (Phi) is 4.74. The van der Waals surface area contributed by atoms with Crippen molar-refractivity contribution in [1.29, 1.82) is 0 Å². The van der Waals surface area contributed by atoms with E-state index in [9.17, 15) is 0 Å². The van der Waals surface area contributed by atoms with Gasteiger partial charge in [-0.25, -0.2) is 0 Å². The standard InChI is InChI=1S/C18H28N2/c1-20(18-5-3-2-4-6-18)14-16-9-7-15(8-10-16)13-19-17-11-12-17/h7-10,17-19H,2-6,11-14H2,1H3. The summed E-state index contributed by atoms with van der Waals surface area (Å²) in [6.45, 7) is 2.13. The Labute approximate surface area is 123 Å². The minimum Gasteiger partial charge on any atom is -0.310 e. The van der Waals surface area contributed by atoms with Crippen LogP contribution in [-0.2, 0) is 13.1 Å². The van der Waals surface area contributed by atoms with E-state index >= 15 is 0 Å². The highest BCUT2D eigenvalue weighted by Crippen LogP contribution is 2.23. The molecule has 1 aromatic carbocycles. The number of hydrogen-bond acceptors (Lipinski definition) is 2. The van der Waals surface area contributed by atoms with Gasteiger partial charge in [-0.05, 0) is 43.9 Å². The van der Waals surface area contributed by atoms with E-state index in [0.29, 0.717) is 0 Å². The fourth-order valence-corrected chi connectivity index (χ4v) is 3.25. The van der Waals surface area contributed by atoms with Crippen molar-refractivity contribution in [1.82, 2.24) is 10.2 Å². The molecule has 1 aromatic rings. The molecule has 2 saturated carbocycles. The molecule has 0 amide bonds. The van der Waals surface area contributed by atoms with E-state index in [1.165, 1.54) is 56.1 Å². The molecule has 0 spiro atoms. The SMILES string of the molecule is CN(Cc1ccc(CNC2CC2)cc1)C1CCCCC1. The minimum atomic E-state index is 0.798. The molecule has 0 unspecified atom stereocenters. The molecule has 2 heteroatoms. The van der Waals surface area contributed by atoms with E-state index in [0.717, 1.165) is 25.2 Å². The van der Waals surface area contributed by atoms with E-state index in [1.54, 1.807) is 0 Å². The maximum atomic E-state index is 3.57. The quantitative estimate of drug-likeness (QED) is 0.849. The van der Waals surface area contributed by atoms with Crippen LogP contribution in [0.4, 0.5) is 0 Å². The van der Waals surface area contributed by atoms with Gasteiger partial charge in [-0.15, -0.1) is 0 Å². The van der Waals surface area contributed by atoms with Crippen LogP contribution in [-0.4, -0.2) is 24.0 Å². The normalized spacial score (nSPS) is 20.5. The van der Waals surface area contributed by atoms with Gasteiger partial charge in [0.25, 0.3) is 0 Å². The summed E-state index contributed by atoms with van der Waals surface area (Å²) < 4.78 is 0. The highest BCUT2D eigenvalue weighted by molar-refractivity contribution is 5.22. The van der Waals surface area contributed by atoms with Crippen molar-refractivity contribution in [3.8, 4) is 0 Å². The maximum absolute atomic E-state index is 3.57. The largest absolute Gasteiger partial charge is 0.310 e. The van der Waals surface area contributed by atoms with Crippen molar-refractivity contribution in [2.24, 2.45) is 0 Å². The summed E-state index contributed by atoms with van der Waals surface area (Å²) in [5.41, 5.74) is 2.87. The molecule has 1 N–H and O–H groups in total. The number of rotatable bonds is 6. The lowest BCUT2D eigenvalue weighted by atomic mass is 9.94. The van der Waals surface area contributed by atoms with Crippen molar-refractivity contribution in [3.05, 3.63) is 35.4 Å². The van der Waals surface area contributed by atoms with Gasteiger partial charge in [0.15, 0.2) is 0 Å². The average molecular weight is 272 g/mol. The van der Waals surface area contributed by atoms with Gasteiger partial charge in [-0.1, -0.05) is 43.5 Å². The molecule has 2 aliphatic rings. The second kappa shape index (κ2) is 6.73. The molecule has 0 radical (unpaired) electrons. The van der Waals surface area contributed by atoms with Gasteiger partial charge in [0.2, 0.25) is 0 Å². The minimum absolute atomic E-state index is 0.798. The van der Waals surface area contributed by atoms with Gasteiger partial charge < -0.3 is 5.32 Å². The molecule has 2 fully saturated rings. The van der Waals surface area contributed by atoms with Gasteiger partial charge in [-0.3, -0.25) is 4.90 Å². The van der Waals surface area contributed by atoms with Gasteiger partial charge in [0.1, 0.15) is 0 Å². The molecule has 3 rings (SSSR count). The molecule has 0 aromatic heterocycles. The van der Waals surface area contributed by atoms with Crippen LogP contribution in [0.3, 0.4) is 0 Å². The Morgan fingerprint density at radius 1 is 0.950 bits per heavy atom. The summed E-state index contributed by atoms with van der Waals surface area (Å²) in [7, 11) is 2.29. The summed E-state index contributed by atoms with van der Waals surface area (Å²) in [6.07, 6.45) is 9.78. The Morgan fingerprint density at radius 3 is 2.25 bits per heavy atom. The van der Waals surface area contributed by atoms with Crippen LogP contribution in [0.15, 0.2) is 24.3 Å². The molecular formula is C18H28N2. The van der Waals surface area contributed by atoms with E-state index < -0.39 is 0 Å². The van der Waals surface area contributed by atoms with Crippen LogP contribution in [0, 0.1) is 0 Å². The summed E-state index contributed by atoms with van der Waals surface area (Å²) in [4.78, 5) is 2.55. The van der Waals surface area contributed by atoms with Crippen molar-refractivity contribution in [2.75, 3.05) is 7.05 Å². The van der Waals surface area contributed by atoms with Crippen LogP contribution >= 0.6 is 0 Å². The van der Waals surface area contributed by atoms with Gasteiger partial charge in [0, 0.05) is 25.2 Å². The molecule has 20 heavy (non-hydrogen) atoms. The molecule has 0 bridgehead atoms. The predicted octanol–water partition coefficient (Wildman–Crippen LogP) is 3.70. The average Bonchev–Trinajstić information content (AvgIpc) is 3.32. The van der Waals surface area contributed by atoms with Crippen LogP contribution in [0.5, 0.6) is 0 Å². The Bertz CT molecular complexity index is 402. The first-order chi connectivity index (χ1) is 9.81. The molecule has 110 valence electrons. The Morgan fingerprint density at radius 2 is 1.60 bits per heavy atom. The fourth-order valence-electron chi connectivity index (χ4n) is 3.25. The summed E-state index contributed by atoms with van der Waals surface area (Å²) in [5, 5.41) is 3.57. The second-order valence-corrected chi connectivity index (χ2v) is 6.68. The second-order valence-electron chi connectivity index (χ2n) is 6.68. The summed E-state index contributed by atoms with van der Waals surface area (Å²) >= 11 is 0. The van der Waals surface area contributed by atoms with Gasteiger partial charge in [0.05, 0.1) is 0 Å².